The first-order valence-electron chi connectivity index (χ1n) is 21.2. The molecular weight excluding hydrogens is 855 g/mol. The summed E-state index contributed by atoms with van der Waals surface area (Å²) < 4.78 is 29.3. The fourth-order valence-corrected chi connectivity index (χ4v) is 8.08. The summed E-state index contributed by atoms with van der Waals surface area (Å²) in [6.07, 6.45) is 4.37. The van der Waals surface area contributed by atoms with E-state index in [1.807, 2.05) is 6.07 Å². The summed E-state index contributed by atoms with van der Waals surface area (Å²) in [5.41, 5.74) is 1.88. The lowest BCUT2D eigenvalue weighted by Gasteiger charge is -2.38. The van der Waals surface area contributed by atoms with Crippen LogP contribution in [0.2, 0.25) is 0 Å². The van der Waals surface area contributed by atoms with Gasteiger partial charge >= 0.3 is 11.8 Å². The number of carbonyl (C=O) groups is 3. The van der Waals surface area contributed by atoms with Crippen molar-refractivity contribution in [3.63, 3.8) is 0 Å². The lowest BCUT2D eigenvalue weighted by molar-refractivity contribution is -0.160. The Labute approximate surface area is 381 Å². The zero-order valence-corrected chi connectivity index (χ0v) is 38.0. The summed E-state index contributed by atoms with van der Waals surface area (Å²) in [4.78, 5) is 40.7. The maximum absolute atomic E-state index is 14.5. The fraction of sp³-hybridized carbons (Fsp3) is 0.375. The van der Waals surface area contributed by atoms with Crippen LogP contribution in [-0.2, 0) is 23.8 Å². The van der Waals surface area contributed by atoms with Gasteiger partial charge in [-0.2, -0.15) is 5.10 Å². The molecule has 0 spiro atoms. The predicted molar refractivity (Wildman–Crippen MR) is 244 cm³/mol. The molecule has 4 heterocycles. The number of phenolic OH excluding ortho intramolecular Hbond substituents is 3. The number of fused-ring (bicyclic) bond motifs is 14. The number of aliphatic hydroxyl groups excluding tert-OH is 2. The van der Waals surface area contributed by atoms with E-state index in [4.69, 9.17) is 23.7 Å². The molecule has 0 unspecified atom stereocenters. The number of aliphatic hydroxyl groups is 2. The molecule has 350 valence electrons. The van der Waals surface area contributed by atoms with E-state index in [0.29, 0.717) is 5.75 Å². The second-order valence-electron chi connectivity index (χ2n) is 16.7. The molecule has 3 aliphatic rings. The van der Waals surface area contributed by atoms with Gasteiger partial charge in [-0.3, -0.25) is 19.8 Å². The van der Waals surface area contributed by atoms with Crippen LogP contribution in [0, 0.1) is 30.6 Å². The van der Waals surface area contributed by atoms with Crippen LogP contribution in [0.15, 0.2) is 83.7 Å². The minimum Gasteiger partial charge on any atom is -0.507 e. The first-order chi connectivity index (χ1) is 31.3. The highest BCUT2D eigenvalue weighted by atomic mass is 16.7. The number of esters is 1. The van der Waals surface area contributed by atoms with Crippen molar-refractivity contribution in [2.75, 3.05) is 17.9 Å². The van der Waals surface area contributed by atoms with E-state index < -0.39 is 88.8 Å². The van der Waals surface area contributed by atoms with Crippen molar-refractivity contribution in [3.8, 4) is 34.6 Å². The number of allylic oxidation sites excluding steroid dienone is 2. The highest BCUT2D eigenvalue weighted by molar-refractivity contribution is 6.24. The summed E-state index contributed by atoms with van der Waals surface area (Å²) in [6, 6.07) is 12.0. The predicted octanol–water partition coefficient (Wildman–Crippen LogP) is 6.78. The minimum atomic E-state index is -2.10. The van der Waals surface area contributed by atoms with Gasteiger partial charge in [-0.05, 0) is 38.1 Å². The molecule has 1 amide bonds. The number of benzene rings is 3. The standard InChI is InChI=1S/C48H55N5O13/c1-23-14-13-15-24(2)47(61)50-38-31(22-49-51-33-18-19-34(53-52-33)65-30-16-11-10-12-17-30)42(58)35-36(43(38)59)41(57)28(6)45-37(35)46(60)48(8,66-45)63-21-20-32(62-9)25(3)44(64-29(7)54)27(5)40(56)26(4)39(23)55/h10-23,25-27,32,39-40,44,55-59H,1-9H3,(H,50,61)(H,51,52)/b14-13+,21-20+,24-15-,49-22?/t23-,25-,26+,27-,32-,39-,40+,44+,48-/m0/s1. The van der Waals surface area contributed by atoms with E-state index in [0.717, 1.165) is 6.21 Å². The number of hydrazone groups is 1. The van der Waals surface area contributed by atoms with Crippen LogP contribution in [0.25, 0.3) is 10.8 Å². The molecule has 0 saturated carbocycles. The van der Waals surface area contributed by atoms with Crippen LogP contribution in [0.4, 0.5) is 11.5 Å². The number of phenols is 3. The normalized spacial score (nSPS) is 28.0. The van der Waals surface area contributed by atoms with Crippen LogP contribution >= 0.6 is 0 Å². The van der Waals surface area contributed by atoms with Crippen LogP contribution in [0.3, 0.4) is 0 Å². The topological polar surface area (TPSA) is 261 Å². The Kier molecular flexibility index (Phi) is 14.7. The average molecular weight is 910 g/mol. The highest BCUT2D eigenvalue weighted by Crippen LogP contribution is 2.55. The molecule has 0 radical (unpaired) electrons. The molecule has 7 rings (SSSR count). The molecule has 0 aliphatic carbocycles. The second-order valence-corrected chi connectivity index (χ2v) is 16.7. The molecule has 4 aromatic rings. The van der Waals surface area contributed by atoms with Crippen molar-refractivity contribution in [1.82, 2.24) is 10.2 Å². The first-order valence-corrected chi connectivity index (χ1v) is 21.2. The van der Waals surface area contributed by atoms with Crippen LogP contribution < -0.4 is 20.2 Å². The van der Waals surface area contributed by atoms with E-state index in [1.165, 1.54) is 65.4 Å². The molecule has 3 aliphatic heterocycles. The van der Waals surface area contributed by atoms with Gasteiger partial charge < -0.3 is 54.5 Å². The maximum Gasteiger partial charge on any atom is 0.312 e. The molecule has 18 nitrogen and oxygen atoms in total. The molecule has 9 atom stereocenters. The zero-order chi connectivity index (χ0) is 48.2. The van der Waals surface area contributed by atoms with E-state index in [1.54, 1.807) is 64.1 Å². The van der Waals surface area contributed by atoms with Crippen molar-refractivity contribution in [2.45, 2.75) is 85.6 Å². The number of rotatable bonds is 7. The third-order valence-electron chi connectivity index (χ3n) is 12.0. The lowest BCUT2D eigenvalue weighted by atomic mass is 9.78. The number of carbonyl (C=O) groups excluding carboxylic acids is 3. The van der Waals surface area contributed by atoms with Gasteiger partial charge in [-0.1, -0.05) is 64.1 Å². The van der Waals surface area contributed by atoms with Gasteiger partial charge in [0.05, 0.1) is 53.0 Å². The Bertz CT molecular complexity index is 2600. The second kappa shape index (κ2) is 20.0. The number of para-hydroxylation sites is 1. The minimum absolute atomic E-state index is 0.00732. The number of aromatic nitrogens is 2. The molecular formula is C48H55N5O13. The molecule has 0 saturated heterocycles. The van der Waals surface area contributed by atoms with Crippen molar-refractivity contribution in [1.29, 1.82) is 0 Å². The molecule has 0 fully saturated rings. The van der Waals surface area contributed by atoms with E-state index >= 15 is 0 Å². The van der Waals surface area contributed by atoms with Gasteiger partial charge in [0, 0.05) is 67.2 Å². The smallest absolute Gasteiger partial charge is 0.312 e. The largest absolute Gasteiger partial charge is 0.507 e. The Morgan fingerprint density at radius 2 is 1.62 bits per heavy atom. The summed E-state index contributed by atoms with van der Waals surface area (Å²) in [6.45, 7) is 12.3. The molecule has 18 heteroatoms. The number of nitrogens with one attached hydrogen (secondary N) is 2. The maximum atomic E-state index is 14.5. The number of aromatic hydroxyl groups is 3. The fourth-order valence-electron chi connectivity index (χ4n) is 8.08. The summed E-state index contributed by atoms with van der Waals surface area (Å²) in [5, 5.41) is 72.8. The van der Waals surface area contributed by atoms with E-state index in [9.17, 15) is 39.9 Å². The molecule has 1 aromatic heterocycles. The number of nitrogens with zero attached hydrogens (tertiary/aromatic N) is 3. The summed E-state index contributed by atoms with van der Waals surface area (Å²) in [7, 11) is 1.42. The number of methoxy groups -OCH3 is 1. The molecule has 5 bridgehead atoms. The van der Waals surface area contributed by atoms with Gasteiger partial charge in [0.1, 0.15) is 29.1 Å². The summed E-state index contributed by atoms with van der Waals surface area (Å²) in [5.74, 6) is -8.11. The molecule has 7 N–H and O–H groups in total. The number of ketones is 1. The van der Waals surface area contributed by atoms with Crippen LogP contribution in [0.1, 0.15) is 70.0 Å². The Hall–Kier alpha value is -7.02. The van der Waals surface area contributed by atoms with Gasteiger partial charge in [0.15, 0.2) is 11.6 Å². The van der Waals surface area contributed by atoms with Gasteiger partial charge in [0.25, 0.3) is 11.7 Å². The number of hydrogen-bond acceptors (Lipinski definition) is 17. The zero-order valence-electron chi connectivity index (χ0n) is 38.0. The van der Waals surface area contributed by atoms with Gasteiger partial charge in [-0.15, -0.1) is 10.2 Å². The van der Waals surface area contributed by atoms with E-state index in [2.05, 4.69) is 26.0 Å². The van der Waals surface area contributed by atoms with Gasteiger partial charge in [-0.25, -0.2) is 0 Å². The van der Waals surface area contributed by atoms with Crippen molar-refractivity contribution >= 4 is 46.2 Å². The third-order valence-corrected chi connectivity index (χ3v) is 12.0. The number of ether oxygens (including phenoxy) is 5. The first kappa shape index (κ1) is 48.4. The highest BCUT2D eigenvalue weighted by Gasteiger charge is 2.50. The molecule has 66 heavy (non-hydrogen) atoms. The third kappa shape index (κ3) is 9.80. The lowest BCUT2D eigenvalue weighted by Crippen LogP contribution is -2.46. The Balaban J connectivity index is 1.47. The number of amides is 1. The Morgan fingerprint density at radius 3 is 2.27 bits per heavy atom. The van der Waals surface area contributed by atoms with Crippen molar-refractivity contribution < 1.29 is 63.6 Å². The number of Topliss-reactive ketones (excluding diaryl/α,β-unsaturated/α-hetero) is 1. The average Bonchev–Trinajstić information content (AvgIpc) is 3.56. The Morgan fingerprint density at radius 1 is 0.909 bits per heavy atom. The van der Waals surface area contributed by atoms with Crippen molar-refractivity contribution in [2.24, 2.45) is 28.8 Å². The van der Waals surface area contributed by atoms with E-state index in [-0.39, 0.29) is 56.2 Å². The van der Waals surface area contributed by atoms with Crippen LogP contribution in [0.5, 0.6) is 34.6 Å². The SMILES string of the molecule is CO[C@H]1/C=C/O[C@@]2(C)Oc3c(C)c(O)c4c(O)c(c(C=NNc5ccc(Oc6ccccc6)nn5)c(O)c4c3C2=O)NC(=O)/C(C)=C\C=C\[C@H](C)[C@H](O)[C@@H](C)[C@@H](O)[C@H](C)[C@H](OC(C)=O)[C@H]1C. The quantitative estimate of drug-likeness (QED) is 0.0331. The van der Waals surface area contributed by atoms with Crippen molar-refractivity contribution in [3.05, 3.63) is 95.3 Å². The number of anilines is 2. The molecule has 3 aromatic carbocycles. The number of hydrogen-bond donors (Lipinski definition) is 7. The van der Waals surface area contributed by atoms with Crippen LogP contribution in [-0.4, -0.2) is 96.9 Å². The van der Waals surface area contributed by atoms with Gasteiger partial charge in [0.2, 0.25) is 5.88 Å². The summed E-state index contributed by atoms with van der Waals surface area (Å²) >= 11 is 0. The monoisotopic (exact) mass is 909 g/mol.